The van der Waals surface area contributed by atoms with Gasteiger partial charge in [-0.25, -0.2) is 0 Å². The summed E-state index contributed by atoms with van der Waals surface area (Å²) in [5, 5.41) is 0.945. The third-order valence-corrected chi connectivity index (χ3v) is 1.73. The fraction of sp³-hybridized carbons (Fsp3) is 0.714. The molecule has 0 bridgehead atoms. The highest BCUT2D eigenvalue weighted by atomic mass is 35.5. The van der Waals surface area contributed by atoms with Gasteiger partial charge in [0, 0.05) is 10.9 Å². The van der Waals surface area contributed by atoms with Crippen LogP contribution in [0.3, 0.4) is 0 Å². The van der Waals surface area contributed by atoms with Crippen LogP contribution in [0, 0.1) is 0 Å². The van der Waals surface area contributed by atoms with Gasteiger partial charge in [-0.05, 0) is 19.3 Å². The summed E-state index contributed by atoms with van der Waals surface area (Å²) < 4.78 is 0. The topological polar surface area (TPSA) is 0 Å². The molecule has 0 fully saturated rings. The van der Waals surface area contributed by atoms with E-state index in [0.29, 0.717) is 0 Å². The Morgan fingerprint density at radius 3 is 2.67 bits per heavy atom. The Labute approximate surface area is 66.8 Å². The van der Waals surface area contributed by atoms with Crippen molar-refractivity contribution < 1.29 is 0 Å². The van der Waals surface area contributed by atoms with E-state index in [1.54, 1.807) is 0 Å². The Bertz CT molecular complexity index is 86.9. The highest BCUT2D eigenvalue weighted by molar-refractivity contribution is 6.29. The molecule has 2 heteroatoms. The van der Waals surface area contributed by atoms with Gasteiger partial charge in [-0.2, -0.15) is 0 Å². The standard InChI is InChI=1S/C7H12Cl2/c1-2-7(9)5-3-4-6-8/h5H,2-4,6H2,1H3/b7-5+. The molecule has 0 amide bonds. The lowest BCUT2D eigenvalue weighted by molar-refractivity contribution is 0.955. The molecule has 0 saturated carbocycles. The third kappa shape index (κ3) is 6.20. The van der Waals surface area contributed by atoms with Crippen LogP contribution in [0.5, 0.6) is 0 Å². The van der Waals surface area contributed by atoms with Crippen LogP contribution in [0.25, 0.3) is 0 Å². The lowest BCUT2D eigenvalue weighted by Gasteiger charge is -1.90. The SMILES string of the molecule is CC/C(Cl)=C\CCCCl. The second-order valence-electron chi connectivity index (χ2n) is 1.84. The second-order valence-corrected chi connectivity index (χ2v) is 2.70. The maximum absolute atomic E-state index is 5.72. The van der Waals surface area contributed by atoms with Gasteiger partial charge in [0.2, 0.25) is 0 Å². The Morgan fingerprint density at radius 1 is 1.56 bits per heavy atom. The van der Waals surface area contributed by atoms with E-state index >= 15 is 0 Å². The first-order valence-electron chi connectivity index (χ1n) is 3.21. The molecule has 0 aliphatic rings. The summed E-state index contributed by atoms with van der Waals surface area (Å²) in [5.74, 6) is 0.727. The molecular weight excluding hydrogens is 155 g/mol. The van der Waals surface area contributed by atoms with Gasteiger partial charge in [0.1, 0.15) is 0 Å². The van der Waals surface area contributed by atoms with Gasteiger partial charge in [-0.3, -0.25) is 0 Å². The Kier molecular flexibility index (Phi) is 6.67. The molecule has 54 valence electrons. The zero-order valence-corrected chi connectivity index (χ0v) is 7.17. The Morgan fingerprint density at radius 2 is 2.22 bits per heavy atom. The molecular formula is C7H12Cl2. The monoisotopic (exact) mass is 166 g/mol. The number of hydrogen-bond donors (Lipinski definition) is 0. The van der Waals surface area contributed by atoms with Gasteiger partial charge >= 0.3 is 0 Å². The normalized spacial score (nSPS) is 12.1. The highest BCUT2D eigenvalue weighted by Gasteiger charge is 1.85. The van der Waals surface area contributed by atoms with Crippen molar-refractivity contribution in [2.45, 2.75) is 26.2 Å². The van der Waals surface area contributed by atoms with Crippen LogP contribution in [0.15, 0.2) is 11.1 Å². The van der Waals surface area contributed by atoms with E-state index in [4.69, 9.17) is 23.2 Å². The summed E-state index contributed by atoms with van der Waals surface area (Å²) in [4.78, 5) is 0. The van der Waals surface area contributed by atoms with Gasteiger partial charge < -0.3 is 0 Å². The first-order valence-corrected chi connectivity index (χ1v) is 4.13. The average Bonchev–Trinajstić information content (AvgIpc) is 1.89. The molecule has 0 aliphatic heterocycles. The van der Waals surface area contributed by atoms with Crippen LogP contribution in [0.1, 0.15) is 26.2 Å². The molecule has 0 aromatic heterocycles. The first kappa shape index (κ1) is 9.32. The molecule has 0 atom stereocenters. The van der Waals surface area contributed by atoms with Crippen LogP contribution in [0.4, 0.5) is 0 Å². The van der Waals surface area contributed by atoms with Crippen LogP contribution in [-0.2, 0) is 0 Å². The summed E-state index contributed by atoms with van der Waals surface area (Å²) in [5.41, 5.74) is 0. The first-order chi connectivity index (χ1) is 4.31. The predicted molar refractivity (Wildman–Crippen MR) is 44.2 cm³/mol. The van der Waals surface area contributed by atoms with Gasteiger partial charge in [-0.15, -0.1) is 11.6 Å². The number of unbranched alkanes of at least 4 members (excludes halogenated alkanes) is 1. The van der Waals surface area contributed by atoms with Gasteiger partial charge in [-0.1, -0.05) is 24.6 Å². The molecule has 9 heavy (non-hydrogen) atoms. The maximum Gasteiger partial charge on any atom is 0.0226 e. The number of halogens is 2. The van der Waals surface area contributed by atoms with Crippen molar-refractivity contribution in [3.05, 3.63) is 11.1 Å². The van der Waals surface area contributed by atoms with Crippen LogP contribution >= 0.6 is 23.2 Å². The molecule has 0 nitrogen and oxygen atoms in total. The van der Waals surface area contributed by atoms with Crippen molar-refractivity contribution in [3.8, 4) is 0 Å². The molecule has 0 aromatic rings. The predicted octanol–water partition coefficient (Wildman–Crippen LogP) is 3.54. The lowest BCUT2D eigenvalue weighted by atomic mass is 10.3. The molecule has 0 heterocycles. The fourth-order valence-electron chi connectivity index (χ4n) is 0.480. The van der Waals surface area contributed by atoms with E-state index in [9.17, 15) is 0 Å². The maximum atomic E-state index is 5.72. The number of hydrogen-bond acceptors (Lipinski definition) is 0. The van der Waals surface area contributed by atoms with Crippen molar-refractivity contribution in [3.63, 3.8) is 0 Å². The largest absolute Gasteiger partial charge is 0.127 e. The van der Waals surface area contributed by atoms with E-state index < -0.39 is 0 Å². The molecule has 0 saturated heterocycles. The number of alkyl halides is 1. The van der Waals surface area contributed by atoms with Crippen LogP contribution in [0.2, 0.25) is 0 Å². The summed E-state index contributed by atoms with van der Waals surface area (Å²) >= 11 is 11.2. The summed E-state index contributed by atoms with van der Waals surface area (Å²) in [6.07, 6.45) is 5.00. The van der Waals surface area contributed by atoms with E-state index in [-0.39, 0.29) is 0 Å². The van der Waals surface area contributed by atoms with Crippen molar-refractivity contribution in [2.24, 2.45) is 0 Å². The third-order valence-electron chi connectivity index (χ3n) is 1.04. The molecule has 0 N–H and O–H groups in total. The van der Waals surface area contributed by atoms with Crippen molar-refractivity contribution in [1.29, 1.82) is 0 Å². The van der Waals surface area contributed by atoms with Crippen LogP contribution in [-0.4, -0.2) is 5.88 Å². The van der Waals surface area contributed by atoms with Crippen LogP contribution < -0.4 is 0 Å². The van der Waals surface area contributed by atoms with E-state index in [0.717, 1.165) is 30.2 Å². The van der Waals surface area contributed by atoms with Crippen molar-refractivity contribution in [1.82, 2.24) is 0 Å². The van der Waals surface area contributed by atoms with Gasteiger partial charge in [0.15, 0.2) is 0 Å². The highest BCUT2D eigenvalue weighted by Crippen LogP contribution is 2.07. The van der Waals surface area contributed by atoms with E-state index in [1.807, 2.05) is 13.0 Å². The number of rotatable bonds is 4. The molecule has 0 spiro atoms. The van der Waals surface area contributed by atoms with Gasteiger partial charge in [0.25, 0.3) is 0 Å². The molecule has 0 radical (unpaired) electrons. The molecule has 0 aliphatic carbocycles. The summed E-state index contributed by atoms with van der Waals surface area (Å²) in [6, 6.07) is 0. The second kappa shape index (κ2) is 6.44. The number of allylic oxidation sites excluding steroid dienone is 2. The fourth-order valence-corrected chi connectivity index (χ4v) is 0.744. The minimum atomic E-state index is 0.727. The quantitative estimate of drug-likeness (QED) is 0.443. The molecule has 0 aromatic carbocycles. The minimum absolute atomic E-state index is 0.727. The average molecular weight is 167 g/mol. The Balaban J connectivity index is 3.21. The van der Waals surface area contributed by atoms with E-state index in [1.165, 1.54) is 0 Å². The van der Waals surface area contributed by atoms with Crippen molar-refractivity contribution >= 4 is 23.2 Å². The summed E-state index contributed by atoms with van der Waals surface area (Å²) in [6.45, 7) is 2.04. The van der Waals surface area contributed by atoms with E-state index in [2.05, 4.69) is 0 Å². The zero-order valence-electron chi connectivity index (χ0n) is 5.66. The summed E-state index contributed by atoms with van der Waals surface area (Å²) in [7, 11) is 0. The van der Waals surface area contributed by atoms with Crippen molar-refractivity contribution in [2.75, 3.05) is 5.88 Å². The Hall–Kier alpha value is 0.320. The van der Waals surface area contributed by atoms with Gasteiger partial charge in [0.05, 0.1) is 0 Å². The lowest BCUT2D eigenvalue weighted by Crippen LogP contribution is -1.73. The molecule has 0 unspecified atom stereocenters. The minimum Gasteiger partial charge on any atom is -0.127 e. The molecule has 0 rings (SSSR count). The smallest absolute Gasteiger partial charge is 0.0226 e. The zero-order chi connectivity index (χ0) is 7.11.